The lowest BCUT2D eigenvalue weighted by Crippen LogP contribution is -2.18. The second kappa shape index (κ2) is 3.88. The number of epoxide rings is 1. The molecule has 1 aliphatic heterocycles. The Morgan fingerprint density at radius 3 is 2.44 bits per heavy atom. The number of fused-ring (bicyclic) bond motifs is 5. The van der Waals surface area contributed by atoms with E-state index < -0.39 is 0 Å². The molecule has 2 aliphatic carbocycles. The third-order valence-corrected chi connectivity index (χ3v) is 4.13. The van der Waals surface area contributed by atoms with Crippen LogP contribution in [0.1, 0.15) is 33.1 Å². The molecule has 4 atom stereocenters. The first-order valence-corrected chi connectivity index (χ1v) is 5.90. The van der Waals surface area contributed by atoms with Crippen molar-refractivity contribution in [3.8, 4) is 0 Å². The van der Waals surface area contributed by atoms with Gasteiger partial charge in [-0.3, -0.25) is 0 Å². The molecule has 2 saturated carbocycles. The summed E-state index contributed by atoms with van der Waals surface area (Å²) in [5.41, 5.74) is 0.811. The predicted octanol–water partition coefficient (Wildman–Crippen LogP) is 2.31. The van der Waals surface area contributed by atoms with Gasteiger partial charge >= 0.3 is 5.97 Å². The van der Waals surface area contributed by atoms with Crippen molar-refractivity contribution in [1.82, 2.24) is 0 Å². The molecule has 0 aromatic rings. The zero-order valence-corrected chi connectivity index (χ0v) is 10.3. The van der Waals surface area contributed by atoms with Crippen molar-refractivity contribution >= 4 is 5.97 Å². The van der Waals surface area contributed by atoms with E-state index >= 15 is 0 Å². The molecule has 1 heterocycles. The van der Waals surface area contributed by atoms with Gasteiger partial charge < -0.3 is 9.47 Å². The van der Waals surface area contributed by atoms with Gasteiger partial charge in [0.15, 0.2) is 0 Å². The number of carbonyl (C=O) groups excluding carboxylic acids is 1. The number of esters is 1. The van der Waals surface area contributed by atoms with Crippen molar-refractivity contribution in [2.24, 2.45) is 11.8 Å². The van der Waals surface area contributed by atoms with Gasteiger partial charge in [-0.2, -0.15) is 0 Å². The number of rotatable bonds is 1. The summed E-state index contributed by atoms with van der Waals surface area (Å²) in [5.74, 6) is 1.55. The normalized spacial score (nSPS) is 41.8. The van der Waals surface area contributed by atoms with Gasteiger partial charge in [0.05, 0.1) is 18.8 Å². The molecule has 0 N–H and O–H groups in total. The maximum atomic E-state index is 10.2. The summed E-state index contributed by atoms with van der Waals surface area (Å²) in [6.45, 7) is 7.25. The number of carbonyl (C=O) groups is 1. The minimum absolute atomic E-state index is 0.347. The second-order valence-corrected chi connectivity index (χ2v) is 5.26. The maximum absolute atomic E-state index is 10.2. The van der Waals surface area contributed by atoms with Crippen molar-refractivity contribution in [3.63, 3.8) is 0 Å². The predicted molar refractivity (Wildman–Crippen MR) is 60.9 cm³/mol. The van der Waals surface area contributed by atoms with E-state index in [0.29, 0.717) is 17.3 Å². The van der Waals surface area contributed by atoms with Crippen LogP contribution in [-0.4, -0.2) is 24.8 Å². The highest BCUT2D eigenvalue weighted by molar-refractivity contribution is 5.86. The van der Waals surface area contributed by atoms with Crippen molar-refractivity contribution in [2.45, 2.75) is 44.8 Å². The van der Waals surface area contributed by atoms with Crippen LogP contribution >= 0.6 is 0 Å². The highest BCUT2D eigenvalue weighted by atomic mass is 16.6. The SMILES string of the molecule is C=C(C)C(=O)OC.CC12OC1C1CCC2C1. The molecule has 90 valence electrons. The average molecular weight is 224 g/mol. The summed E-state index contributed by atoms with van der Waals surface area (Å²) in [6, 6.07) is 0. The van der Waals surface area contributed by atoms with E-state index in [-0.39, 0.29) is 5.97 Å². The number of ether oxygens (including phenoxy) is 2. The van der Waals surface area contributed by atoms with Gasteiger partial charge in [0.25, 0.3) is 0 Å². The van der Waals surface area contributed by atoms with Crippen molar-refractivity contribution in [1.29, 1.82) is 0 Å². The fraction of sp³-hybridized carbons (Fsp3) is 0.769. The molecule has 1 saturated heterocycles. The Labute approximate surface area is 96.8 Å². The lowest BCUT2D eigenvalue weighted by atomic mass is 9.90. The van der Waals surface area contributed by atoms with Crippen LogP contribution in [-0.2, 0) is 14.3 Å². The molecule has 3 fully saturated rings. The van der Waals surface area contributed by atoms with Crippen molar-refractivity contribution < 1.29 is 14.3 Å². The van der Waals surface area contributed by atoms with Crippen LogP contribution in [0.15, 0.2) is 12.2 Å². The van der Waals surface area contributed by atoms with Crippen LogP contribution in [0.5, 0.6) is 0 Å². The summed E-state index contributed by atoms with van der Waals surface area (Å²) in [4.78, 5) is 10.2. The summed E-state index contributed by atoms with van der Waals surface area (Å²) in [5, 5.41) is 0. The number of methoxy groups -OCH3 is 1. The van der Waals surface area contributed by atoms with E-state index in [1.807, 2.05) is 0 Å². The number of hydrogen-bond acceptors (Lipinski definition) is 3. The van der Waals surface area contributed by atoms with Crippen LogP contribution in [0.4, 0.5) is 0 Å². The van der Waals surface area contributed by atoms with Crippen LogP contribution in [0.3, 0.4) is 0 Å². The van der Waals surface area contributed by atoms with Gasteiger partial charge in [0.1, 0.15) is 0 Å². The van der Waals surface area contributed by atoms with Crippen LogP contribution in [0.25, 0.3) is 0 Å². The molecular formula is C13H20O3. The Morgan fingerprint density at radius 1 is 1.50 bits per heavy atom. The van der Waals surface area contributed by atoms with Gasteiger partial charge in [-0.05, 0) is 44.9 Å². The Bertz CT molecular complexity index is 323. The zero-order valence-electron chi connectivity index (χ0n) is 10.3. The third kappa shape index (κ3) is 1.77. The fourth-order valence-corrected chi connectivity index (χ4v) is 3.12. The molecule has 3 heteroatoms. The van der Waals surface area contributed by atoms with Crippen LogP contribution < -0.4 is 0 Å². The first-order valence-electron chi connectivity index (χ1n) is 5.90. The standard InChI is InChI=1S/C8H12O.C5H8O2/c1-8-6-3-2-5(4-6)7(8)9-8;1-4(2)5(6)7-3/h5-7H,2-4H2,1H3;1H2,2-3H3. The molecule has 4 unspecified atom stereocenters. The zero-order chi connectivity index (χ0) is 11.9. The summed E-state index contributed by atoms with van der Waals surface area (Å²) >= 11 is 0. The Kier molecular flexibility index (Phi) is 2.82. The van der Waals surface area contributed by atoms with Crippen molar-refractivity contribution in [3.05, 3.63) is 12.2 Å². The lowest BCUT2D eigenvalue weighted by Gasteiger charge is -2.11. The smallest absolute Gasteiger partial charge is 0.332 e. The van der Waals surface area contributed by atoms with Gasteiger partial charge in [-0.15, -0.1) is 0 Å². The van der Waals surface area contributed by atoms with Gasteiger partial charge in [-0.25, -0.2) is 4.79 Å². The van der Waals surface area contributed by atoms with Crippen LogP contribution in [0.2, 0.25) is 0 Å². The Balaban J connectivity index is 0.000000127. The monoisotopic (exact) mass is 224 g/mol. The van der Waals surface area contributed by atoms with E-state index in [1.54, 1.807) is 6.92 Å². The molecule has 16 heavy (non-hydrogen) atoms. The fourth-order valence-electron chi connectivity index (χ4n) is 3.12. The van der Waals surface area contributed by atoms with E-state index in [4.69, 9.17) is 4.74 Å². The summed E-state index contributed by atoms with van der Waals surface area (Å²) in [6.07, 6.45) is 5.06. The molecule has 0 aromatic carbocycles. The quantitative estimate of drug-likeness (QED) is 0.390. The lowest BCUT2D eigenvalue weighted by molar-refractivity contribution is -0.136. The maximum Gasteiger partial charge on any atom is 0.332 e. The van der Waals surface area contributed by atoms with E-state index in [2.05, 4.69) is 18.2 Å². The topological polar surface area (TPSA) is 38.8 Å². The molecule has 3 nitrogen and oxygen atoms in total. The van der Waals surface area contributed by atoms with E-state index in [9.17, 15) is 4.79 Å². The highest BCUT2D eigenvalue weighted by Crippen LogP contribution is 2.63. The minimum atomic E-state index is -0.347. The third-order valence-electron chi connectivity index (χ3n) is 4.13. The average Bonchev–Trinajstić information content (AvgIpc) is 2.69. The van der Waals surface area contributed by atoms with Gasteiger partial charge in [-0.1, -0.05) is 6.58 Å². The molecule has 0 radical (unpaired) electrons. The van der Waals surface area contributed by atoms with E-state index in [0.717, 1.165) is 11.8 Å². The van der Waals surface area contributed by atoms with Gasteiger partial charge in [0, 0.05) is 5.57 Å². The van der Waals surface area contributed by atoms with Crippen molar-refractivity contribution in [2.75, 3.05) is 7.11 Å². The first kappa shape index (κ1) is 11.6. The largest absolute Gasteiger partial charge is 0.466 e. The molecule has 2 bridgehead atoms. The first-order chi connectivity index (χ1) is 7.49. The molecule has 3 aliphatic rings. The van der Waals surface area contributed by atoms with Gasteiger partial charge in [0.2, 0.25) is 0 Å². The Hall–Kier alpha value is -0.830. The Morgan fingerprint density at radius 2 is 2.19 bits per heavy atom. The number of hydrogen-bond donors (Lipinski definition) is 0. The highest BCUT2D eigenvalue weighted by Gasteiger charge is 2.68. The van der Waals surface area contributed by atoms with E-state index in [1.165, 1.54) is 26.4 Å². The minimum Gasteiger partial charge on any atom is -0.466 e. The molecule has 0 aromatic heterocycles. The summed E-state index contributed by atoms with van der Waals surface area (Å²) in [7, 11) is 1.33. The molecule has 3 rings (SSSR count). The van der Waals surface area contributed by atoms with Crippen LogP contribution in [0, 0.1) is 11.8 Å². The molecular weight excluding hydrogens is 204 g/mol. The molecule has 0 spiro atoms. The summed E-state index contributed by atoms with van der Waals surface area (Å²) < 4.78 is 9.90. The molecule has 0 amide bonds. The second-order valence-electron chi connectivity index (χ2n) is 5.26.